The number of anilines is 1. The molecule has 32 heavy (non-hydrogen) atoms. The Labute approximate surface area is 191 Å². The molecule has 0 unspecified atom stereocenters. The lowest BCUT2D eigenvalue weighted by molar-refractivity contribution is 0.0746. The summed E-state index contributed by atoms with van der Waals surface area (Å²) in [6, 6.07) is 16.8. The number of amides is 1. The Balaban J connectivity index is 1.41. The molecule has 7 heteroatoms. The molecule has 1 heterocycles. The SMILES string of the molecule is CCN(C1CCCCC1)S(=O)(=O)c1ccc(C(=O)N2CCN(c3ccccc3)CC2)cc1. The number of hydrogen-bond acceptors (Lipinski definition) is 4. The second-order valence-electron chi connectivity index (χ2n) is 8.64. The van der Waals surface area contributed by atoms with E-state index in [9.17, 15) is 13.2 Å². The fourth-order valence-electron chi connectivity index (χ4n) is 4.89. The van der Waals surface area contributed by atoms with Crippen molar-refractivity contribution in [3.05, 3.63) is 60.2 Å². The quantitative estimate of drug-likeness (QED) is 0.661. The Kier molecular flexibility index (Phi) is 7.16. The first-order valence-electron chi connectivity index (χ1n) is 11.7. The topological polar surface area (TPSA) is 60.9 Å². The lowest BCUT2D eigenvalue weighted by atomic mass is 9.95. The maximum Gasteiger partial charge on any atom is 0.253 e. The highest BCUT2D eigenvalue weighted by Gasteiger charge is 2.31. The Bertz CT molecular complexity index is 994. The minimum absolute atomic E-state index is 0.0405. The van der Waals surface area contributed by atoms with Gasteiger partial charge in [-0.25, -0.2) is 8.42 Å². The molecule has 0 atom stereocenters. The smallest absolute Gasteiger partial charge is 0.253 e. The lowest BCUT2D eigenvalue weighted by Crippen LogP contribution is -2.48. The van der Waals surface area contributed by atoms with Gasteiger partial charge in [-0.3, -0.25) is 4.79 Å². The van der Waals surface area contributed by atoms with Gasteiger partial charge in [0.15, 0.2) is 0 Å². The summed E-state index contributed by atoms with van der Waals surface area (Å²) in [5, 5.41) is 0. The van der Waals surface area contributed by atoms with E-state index in [1.807, 2.05) is 30.0 Å². The fourth-order valence-corrected chi connectivity index (χ4v) is 6.58. The van der Waals surface area contributed by atoms with Crippen LogP contribution < -0.4 is 4.90 Å². The summed E-state index contributed by atoms with van der Waals surface area (Å²) >= 11 is 0. The standard InChI is InChI=1S/C25H33N3O3S/c1-2-28(23-11-7-4-8-12-23)32(30,31)24-15-13-21(14-16-24)25(29)27-19-17-26(18-20-27)22-9-5-3-6-10-22/h3,5-6,9-10,13-16,23H,2,4,7-8,11-12,17-20H2,1H3. The van der Waals surface area contributed by atoms with Crippen molar-refractivity contribution < 1.29 is 13.2 Å². The van der Waals surface area contributed by atoms with E-state index in [-0.39, 0.29) is 16.8 Å². The van der Waals surface area contributed by atoms with Gasteiger partial charge >= 0.3 is 0 Å². The molecule has 1 amide bonds. The van der Waals surface area contributed by atoms with Crippen molar-refractivity contribution in [1.82, 2.24) is 9.21 Å². The number of para-hydroxylation sites is 1. The summed E-state index contributed by atoms with van der Waals surface area (Å²) in [7, 11) is -3.55. The second kappa shape index (κ2) is 10.0. The molecule has 4 rings (SSSR count). The van der Waals surface area contributed by atoms with Crippen LogP contribution in [0.5, 0.6) is 0 Å². The Morgan fingerprint density at radius 2 is 1.53 bits per heavy atom. The predicted molar refractivity (Wildman–Crippen MR) is 127 cm³/mol. The molecule has 2 aliphatic rings. The number of rotatable bonds is 6. The third-order valence-electron chi connectivity index (χ3n) is 6.69. The predicted octanol–water partition coefficient (Wildman–Crippen LogP) is 3.99. The van der Waals surface area contributed by atoms with Gasteiger partial charge in [0.2, 0.25) is 10.0 Å². The summed E-state index contributed by atoms with van der Waals surface area (Å²) in [5.41, 5.74) is 1.71. The summed E-state index contributed by atoms with van der Waals surface area (Å²) in [6.07, 6.45) is 5.21. The molecule has 2 aromatic rings. The minimum atomic E-state index is -3.55. The number of nitrogens with zero attached hydrogens (tertiary/aromatic N) is 3. The van der Waals surface area contributed by atoms with Crippen molar-refractivity contribution in [3.63, 3.8) is 0 Å². The largest absolute Gasteiger partial charge is 0.368 e. The van der Waals surface area contributed by atoms with E-state index in [2.05, 4.69) is 17.0 Å². The number of benzene rings is 2. The summed E-state index contributed by atoms with van der Waals surface area (Å²) in [5.74, 6) is -0.0405. The highest BCUT2D eigenvalue weighted by Crippen LogP contribution is 2.28. The third kappa shape index (κ3) is 4.84. The highest BCUT2D eigenvalue weighted by atomic mass is 32.2. The molecule has 0 aromatic heterocycles. The van der Waals surface area contributed by atoms with Crippen LogP contribution in [0.15, 0.2) is 59.5 Å². The fraction of sp³-hybridized carbons (Fsp3) is 0.480. The van der Waals surface area contributed by atoms with Crippen LogP contribution in [0.2, 0.25) is 0 Å². The van der Waals surface area contributed by atoms with E-state index >= 15 is 0 Å². The van der Waals surface area contributed by atoms with Crippen molar-refractivity contribution in [2.45, 2.75) is 50.0 Å². The van der Waals surface area contributed by atoms with Gasteiger partial charge in [-0.05, 0) is 49.2 Å². The van der Waals surface area contributed by atoms with Crippen LogP contribution in [0.3, 0.4) is 0 Å². The second-order valence-corrected chi connectivity index (χ2v) is 10.5. The zero-order chi connectivity index (χ0) is 22.6. The molecule has 2 fully saturated rings. The lowest BCUT2D eigenvalue weighted by Gasteiger charge is -2.36. The van der Waals surface area contributed by atoms with Crippen LogP contribution in [0.25, 0.3) is 0 Å². The summed E-state index contributed by atoms with van der Waals surface area (Å²) < 4.78 is 28.1. The van der Waals surface area contributed by atoms with Crippen LogP contribution in [0.1, 0.15) is 49.4 Å². The molecular weight excluding hydrogens is 422 g/mol. The average molecular weight is 456 g/mol. The molecule has 6 nitrogen and oxygen atoms in total. The van der Waals surface area contributed by atoms with E-state index in [1.54, 1.807) is 28.6 Å². The number of piperazine rings is 1. The molecule has 1 aliphatic carbocycles. The van der Waals surface area contributed by atoms with Crippen LogP contribution in [-0.2, 0) is 10.0 Å². The van der Waals surface area contributed by atoms with Gasteiger partial charge < -0.3 is 9.80 Å². The Morgan fingerprint density at radius 1 is 0.906 bits per heavy atom. The summed E-state index contributed by atoms with van der Waals surface area (Å²) in [4.78, 5) is 17.4. The number of carbonyl (C=O) groups excluding carboxylic acids is 1. The molecule has 0 radical (unpaired) electrons. The molecule has 0 spiro atoms. The van der Waals surface area contributed by atoms with Gasteiger partial charge in [-0.2, -0.15) is 4.31 Å². The monoisotopic (exact) mass is 455 g/mol. The number of hydrogen-bond donors (Lipinski definition) is 0. The van der Waals surface area contributed by atoms with Crippen molar-refractivity contribution in [1.29, 1.82) is 0 Å². The third-order valence-corrected chi connectivity index (χ3v) is 8.73. The van der Waals surface area contributed by atoms with E-state index < -0.39 is 10.0 Å². The van der Waals surface area contributed by atoms with Crippen molar-refractivity contribution in [3.8, 4) is 0 Å². The minimum Gasteiger partial charge on any atom is -0.368 e. The zero-order valence-electron chi connectivity index (χ0n) is 18.8. The molecule has 2 aromatic carbocycles. The van der Waals surface area contributed by atoms with Crippen LogP contribution in [-0.4, -0.2) is 62.3 Å². The van der Waals surface area contributed by atoms with Gasteiger partial charge in [0, 0.05) is 50.0 Å². The van der Waals surface area contributed by atoms with E-state index in [0.29, 0.717) is 25.2 Å². The first-order chi connectivity index (χ1) is 15.5. The van der Waals surface area contributed by atoms with Gasteiger partial charge in [0.25, 0.3) is 5.91 Å². The maximum absolute atomic E-state index is 13.2. The molecule has 0 bridgehead atoms. The van der Waals surface area contributed by atoms with Gasteiger partial charge in [0.05, 0.1) is 4.90 Å². The highest BCUT2D eigenvalue weighted by molar-refractivity contribution is 7.89. The molecule has 1 aliphatic heterocycles. The molecular formula is C25H33N3O3S. The van der Waals surface area contributed by atoms with E-state index in [1.165, 1.54) is 12.1 Å². The van der Waals surface area contributed by atoms with Gasteiger partial charge in [-0.15, -0.1) is 0 Å². The van der Waals surface area contributed by atoms with Gasteiger partial charge in [-0.1, -0.05) is 44.4 Å². The first-order valence-corrected chi connectivity index (χ1v) is 13.2. The van der Waals surface area contributed by atoms with E-state index in [0.717, 1.165) is 38.8 Å². The zero-order valence-corrected chi connectivity index (χ0v) is 19.6. The van der Waals surface area contributed by atoms with Crippen LogP contribution >= 0.6 is 0 Å². The molecule has 0 N–H and O–H groups in total. The normalized spacial score (nSPS) is 18.2. The summed E-state index contributed by atoms with van der Waals surface area (Å²) in [6.45, 7) is 5.25. The molecule has 1 saturated carbocycles. The average Bonchev–Trinajstić information content (AvgIpc) is 2.85. The van der Waals surface area contributed by atoms with Crippen molar-refractivity contribution >= 4 is 21.6 Å². The Hall–Kier alpha value is -2.38. The van der Waals surface area contributed by atoms with Crippen LogP contribution in [0, 0.1) is 0 Å². The molecule has 1 saturated heterocycles. The van der Waals surface area contributed by atoms with E-state index in [4.69, 9.17) is 0 Å². The first kappa shape index (κ1) is 22.8. The van der Waals surface area contributed by atoms with Crippen molar-refractivity contribution in [2.75, 3.05) is 37.6 Å². The number of sulfonamides is 1. The molecule has 172 valence electrons. The Morgan fingerprint density at radius 3 is 2.12 bits per heavy atom. The number of carbonyl (C=O) groups is 1. The maximum atomic E-state index is 13.2. The van der Waals surface area contributed by atoms with Gasteiger partial charge in [0.1, 0.15) is 0 Å². The van der Waals surface area contributed by atoms with Crippen molar-refractivity contribution in [2.24, 2.45) is 0 Å². The van der Waals surface area contributed by atoms with Crippen LogP contribution in [0.4, 0.5) is 5.69 Å².